The standard InChI is InChI=1S/C24H26N2O6/c1-5-29-22-13-9-7-11-20(22)25-23(27)17(4)31-24(28)18-10-6-8-12-21(18)30-14-19-15(2)26-32-16(19)3/h6-13,17H,5,14H2,1-4H3,(H,25,27). The molecule has 1 unspecified atom stereocenters. The molecule has 8 nitrogen and oxygen atoms in total. The van der Waals surface area contributed by atoms with Crippen molar-refractivity contribution in [2.45, 2.75) is 40.4 Å². The quantitative estimate of drug-likeness (QED) is 0.493. The number of hydrogen-bond donors (Lipinski definition) is 1. The number of esters is 1. The Labute approximate surface area is 186 Å². The monoisotopic (exact) mass is 438 g/mol. The molecule has 1 atom stereocenters. The maximum absolute atomic E-state index is 12.8. The van der Waals surface area contributed by atoms with Gasteiger partial charge in [-0.05, 0) is 52.0 Å². The summed E-state index contributed by atoms with van der Waals surface area (Å²) in [5.74, 6) is 0.395. The smallest absolute Gasteiger partial charge is 0.342 e. The van der Waals surface area contributed by atoms with Crippen LogP contribution >= 0.6 is 0 Å². The van der Waals surface area contributed by atoms with E-state index in [1.165, 1.54) is 6.92 Å². The number of anilines is 1. The molecular formula is C24H26N2O6. The van der Waals surface area contributed by atoms with E-state index >= 15 is 0 Å². The summed E-state index contributed by atoms with van der Waals surface area (Å²) in [7, 11) is 0. The molecule has 0 bridgehead atoms. The summed E-state index contributed by atoms with van der Waals surface area (Å²) in [6, 6.07) is 13.8. The van der Waals surface area contributed by atoms with Gasteiger partial charge in [0.05, 0.1) is 23.6 Å². The Kier molecular flexibility index (Phi) is 7.49. The van der Waals surface area contributed by atoms with E-state index in [1.807, 2.05) is 19.9 Å². The molecule has 0 radical (unpaired) electrons. The van der Waals surface area contributed by atoms with Crippen LogP contribution < -0.4 is 14.8 Å². The van der Waals surface area contributed by atoms with Gasteiger partial charge in [0.25, 0.3) is 5.91 Å². The minimum absolute atomic E-state index is 0.190. The minimum atomic E-state index is -1.03. The fourth-order valence-corrected chi connectivity index (χ4v) is 2.98. The predicted molar refractivity (Wildman–Crippen MR) is 118 cm³/mol. The van der Waals surface area contributed by atoms with Crippen LogP contribution in [0.4, 0.5) is 5.69 Å². The van der Waals surface area contributed by atoms with Gasteiger partial charge in [0.2, 0.25) is 0 Å². The summed E-state index contributed by atoms with van der Waals surface area (Å²) >= 11 is 0. The molecule has 2 aromatic carbocycles. The second kappa shape index (κ2) is 10.5. The second-order valence-electron chi connectivity index (χ2n) is 7.05. The topological polar surface area (TPSA) is 99.9 Å². The molecule has 0 spiro atoms. The Balaban J connectivity index is 1.66. The molecule has 0 aliphatic carbocycles. The third kappa shape index (κ3) is 5.46. The van der Waals surface area contributed by atoms with Crippen molar-refractivity contribution in [1.29, 1.82) is 0 Å². The molecule has 3 rings (SSSR count). The van der Waals surface area contributed by atoms with Crippen LogP contribution in [0.5, 0.6) is 11.5 Å². The van der Waals surface area contributed by atoms with Gasteiger partial charge in [-0.1, -0.05) is 29.4 Å². The van der Waals surface area contributed by atoms with Crippen molar-refractivity contribution in [1.82, 2.24) is 5.16 Å². The molecule has 32 heavy (non-hydrogen) atoms. The van der Waals surface area contributed by atoms with Gasteiger partial charge in [-0.2, -0.15) is 0 Å². The number of nitrogens with zero attached hydrogens (tertiary/aromatic N) is 1. The van der Waals surface area contributed by atoms with E-state index in [0.29, 0.717) is 29.6 Å². The van der Waals surface area contributed by atoms with Crippen molar-refractivity contribution >= 4 is 17.6 Å². The van der Waals surface area contributed by atoms with Gasteiger partial charge in [-0.15, -0.1) is 0 Å². The fourth-order valence-electron chi connectivity index (χ4n) is 2.98. The zero-order valence-corrected chi connectivity index (χ0v) is 18.5. The van der Waals surface area contributed by atoms with Crippen LogP contribution in [0, 0.1) is 13.8 Å². The number of carbonyl (C=O) groups excluding carboxylic acids is 2. The molecule has 0 fully saturated rings. The maximum atomic E-state index is 12.8. The van der Waals surface area contributed by atoms with Crippen LogP contribution in [-0.2, 0) is 16.1 Å². The average molecular weight is 438 g/mol. The zero-order chi connectivity index (χ0) is 23.1. The molecule has 8 heteroatoms. The first kappa shape index (κ1) is 22.9. The molecule has 1 heterocycles. The predicted octanol–water partition coefficient (Wildman–Crippen LogP) is 4.45. The van der Waals surface area contributed by atoms with Crippen LogP contribution in [0.2, 0.25) is 0 Å². The third-order valence-corrected chi connectivity index (χ3v) is 4.76. The van der Waals surface area contributed by atoms with Crippen molar-refractivity contribution in [2.75, 3.05) is 11.9 Å². The molecule has 0 saturated heterocycles. The maximum Gasteiger partial charge on any atom is 0.342 e. The highest BCUT2D eigenvalue weighted by Crippen LogP contribution is 2.25. The number of para-hydroxylation sites is 3. The van der Waals surface area contributed by atoms with Gasteiger partial charge in [-0.25, -0.2) is 4.79 Å². The normalized spacial score (nSPS) is 11.5. The fraction of sp³-hybridized carbons (Fsp3) is 0.292. The largest absolute Gasteiger partial charge is 0.492 e. The number of aromatic nitrogens is 1. The second-order valence-corrected chi connectivity index (χ2v) is 7.05. The highest BCUT2D eigenvalue weighted by molar-refractivity contribution is 5.99. The van der Waals surface area contributed by atoms with E-state index in [-0.39, 0.29) is 12.2 Å². The number of carbonyl (C=O) groups is 2. The lowest BCUT2D eigenvalue weighted by Gasteiger charge is -2.16. The Morgan fingerprint density at radius 3 is 2.41 bits per heavy atom. The Bertz CT molecular complexity index is 1070. The number of aryl methyl sites for hydroxylation is 2. The van der Waals surface area contributed by atoms with Gasteiger partial charge >= 0.3 is 5.97 Å². The number of ether oxygens (including phenoxy) is 3. The summed E-state index contributed by atoms with van der Waals surface area (Å²) in [6.07, 6.45) is -1.03. The van der Waals surface area contributed by atoms with E-state index in [0.717, 1.165) is 11.3 Å². The van der Waals surface area contributed by atoms with Crippen LogP contribution in [-0.4, -0.2) is 29.7 Å². The Morgan fingerprint density at radius 2 is 1.72 bits per heavy atom. The Hall–Kier alpha value is -3.81. The molecule has 3 aromatic rings. The van der Waals surface area contributed by atoms with Crippen LogP contribution in [0.15, 0.2) is 53.1 Å². The zero-order valence-electron chi connectivity index (χ0n) is 18.5. The van der Waals surface area contributed by atoms with Gasteiger partial charge < -0.3 is 24.1 Å². The average Bonchev–Trinajstić information content (AvgIpc) is 3.11. The van der Waals surface area contributed by atoms with E-state index in [1.54, 1.807) is 49.4 Å². The summed E-state index contributed by atoms with van der Waals surface area (Å²) < 4.78 is 21.9. The molecule has 0 aliphatic rings. The van der Waals surface area contributed by atoms with Crippen molar-refractivity contribution in [2.24, 2.45) is 0 Å². The molecular weight excluding hydrogens is 412 g/mol. The molecule has 1 aromatic heterocycles. The summed E-state index contributed by atoms with van der Waals surface area (Å²) in [5.41, 5.74) is 2.26. The molecule has 168 valence electrons. The summed E-state index contributed by atoms with van der Waals surface area (Å²) in [5, 5.41) is 6.63. The first-order valence-corrected chi connectivity index (χ1v) is 10.3. The minimum Gasteiger partial charge on any atom is -0.492 e. The molecule has 0 saturated carbocycles. The third-order valence-electron chi connectivity index (χ3n) is 4.76. The number of rotatable bonds is 9. The van der Waals surface area contributed by atoms with Crippen molar-refractivity contribution < 1.29 is 28.3 Å². The van der Waals surface area contributed by atoms with Crippen LogP contribution in [0.25, 0.3) is 0 Å². The first-order valence-electron chi connectivity index (χ1n) is 10.3. The highest BCUT2D eigenvalue weighted by atomic mass is 16.6. The summed E-state index contributed by atoms with van der Waals surface area (Å²) in [6.45, 7) is 7.62. The van der Waals surface area contributed by atoms with Crippen molar-refractivity contribution in [3.63, 3.8) is 0 Å². The summed E-state index contributed by atoms with van der Waals surface area (Å²) in [4.78, 5) is 25.3. The first-order chi connectivity index (χ1) is 15.4. The lowest BCUT2D eigenvalue weighted by atomic mass is 10.2. The number of benzene rings is 2. The lowest BCUT2D eigenvalue weighted by Crippen LogP contribution is -2.30. The van der Waals surface area contributed by atoms with Crippen LogP contribution in [0.3, 0.4) is 0 Å². The Morgan fingerprint density at radius 1 is 1.03 bits per heavy atom. The highest BCUT2D eigenvalue weighted by Gasteiger charge is 2.22. The molecule has 1 N–H and O–H groups in total. The van der Waals surface area contributed by atoms with Gasteiger partial charge in [0, 0.05) is 0 Å². The van der Waals surface area contributed by atoms with Crippen LogP contribution in [0.1, 0.15) is 41.2 Å². The van der Waals surface area contributed by atoms with E-state index in [9.17, 15) is 9.59 Å². The number of nitrogens with one attached hydrogen (secondary N) is 1. The number of amides is 1. The van der Waals surface area contributed by atoms with E-state index in [4.69, 9.17) is 18.7 Å². The van der Waals surface area contributed by atoms with Crippen molar-refractivity contribution in [3.05, 3.63) is 71.1 Å². The van der Waals surface area contributed by atoms with Crippen molar-refractivity contribution in [3.8, 4) is 11.5 Å². The number of hydrogen-bond acceptors (Lipinski definition) is 7. The molecule has 0 aliphatic heterocycles. The van der Waals surface area contributed by atoms with E-state index in [2.05, 4.69) is 10.5 Å². The molecule has 1 amide bonds. The SMILES string of the molecule is CCOc1ccccc1NC(=O)C(C)OC(=O)c1ccccc1OCc1c(C)noc1C. The van der Waals surface area contributed by atoms with E-state index < -0.39 is 18.0 Å². The van der Waals surface area contributed by atoms with Gasteiger partial charge in [-0.3, -0.25) is 4.79 Å². The van der Waals surface area contributed by atoms with Gasteiger partial charge in [0.1, 0.15) is 29.4 Å². The van der Waals surface area contributed by atoms with Gasteiger partial charge in [0.15, 0.2) is 6.10 Å². The lowest BCUT2D eigenvalue weighted by molar-refractivity contribution is -0.123.